The summed E-state index contributed by atoms with van der Waals surface area (Å²) < 4.78 is 65.6. The van der Waals surface area contributed by atoms with E-state index in [1.54, 1.807) is 12.1 Å². The molecule has 0 heterocycles. The average molecular weight is 330 g/mol. The van der Waals surface area contributed by atoms with E-state index in [0.29, 0.717) is 11.3 Å². The largest absolute Gasteiger partial charge is 0.489 e. The Balaban J connectivity index is 2.07. The van der Waals surface area contributed by atoms with Crippen molar-refractivity contribution in [2.45, 2.75) is 17.7 Å². The molecule has 0 N–H and O–H groups in total. The molecule has 0 spiro atoms. The molecular formula is C15H13F3O3S. The van der Waals surface area contributed by atoms with Crippen LogP contribution in [0.5, 0.6) is 5.75 Å². The van der Waals surface area contributed by atoms with E-state index in [0.717, 1.165) is 18.4 Å². The topological polar surface area (TPSA) is 43.4 Å². The first-order valence-corrected chi connectivity index (χ1v) is 8.14. The van der Waals surface area contributed by atoms with Gasteiger partial charge < -0.3 is 4.74 Å². The first-order chi connectivity index (χ1) is 10.2. The third-order valence-corrected chi connectivity index (χ3v) is 4.03. The Morgan fingerprint density at radius 1 is 1.05 bits per heavy atom. The highest BCUT2D eigenvalue weighted by Gasteiger charge is 2.29. The molecule has 0 unspecified atom stereocenters. The van der Waals surface area contributed by atoms with Gasteiger partial charge in [0.2, 0.25) is 0 Å². The zero-order valence-electron chi connectivity index (χ0n) is 11.6. The second-order valence-electron chi connectivity index (χ2n) is 4.73. The average Bonchev–Trinajstić information content (AvgIpc) is 2.44. The van der Waals surface area contributed by atoms with Crippen LogP contribution in [0.1, 0.15) is 11.1 Å². The molecule has 0 aliphatic carbocycles. The first-order valence-electron chi connectivity index (χ1n) is 6.25. The molecular weight excluding hydrogens is 317 g/mol. The Morgan fingerprint density at radius 3 is 2.23 bits per heavy atom. The maximum absolute atomic E-state index is 12.4. The van der Waals surface area contributed by atoms with Crippen molar-refractivity contribution < 1.29 is 26.3 Å². The molecule has 0 saturated carbocycles. The number of sulfone groups is 1. The summed E-state index contributed by atoms with van der Waals surface area (Å²) in [6.45, 7) is 0.0470. The summed E-state index contributed by atoms with van der Waals surface area (Å²) in [6, 6.07) is 10.5. The van der Waals surface area contributed by atoms with Crippen molar-refractivity contribution in [1.29, 1.82) is 0 Å². The lowest BCUT2D eigenvalue weighted by molar-refractivity contribution is -0.137. The molecule has 0 aromatic heterocycles. The predicted octanol–water partition coefficient (Wildman–Crippen LogP) is 3.69. The molecule has 22 heavy (non-hydrogen) atoms. The van der Waals surface area contributed by atoms with Gasteiger partial charge in [0.15, 0.2) is 9.84 Å². The fraction of sp³-hybridized carbons (Fsp3) is 0.200. The van der Waals surface area contributed by atoms with Crippen LogP contribution in [0.4, 0.5) is 13.2 Å². The van der Waals surface area contributed by atoms with Crippen molar-refractivity contribution in [3.8, 4) is 5.75 Å². The van der Waals surface area contributed by atoms with Crippen LogP contribution in [0.3, 0.4) is 0 Å². The van der Waals surface area contributed by atoms with E-state index in [1.165, 1.54) is 24.3 Å². The SMILES string of the molecule is CS(=O)(=O)c1cccc(OCc2ccc(C(F)(F)F)cc2)c1. The highest BCUT2D eigenvalue weighted by Crippen LogP contribution is 2.29. The van der Waals surface area contributed by atoms with Crippen LogP contribution in [0, 0.1) is 0 Å². The number of benzene rings is 2. The number of hydrogen-bond acceptors (Lipinski definition) is 3. The standard InChI is InChI=1S/C15H13F3O3S/c1-22(19,20)14-4-2-3-13(9-14)21-10-11-5-7-12(8-6-11)15(16,17)18/h2-9H,10H2,1H3. The fourth-order valence-electron chi connectivity index (χ4n) is 1.75. The molecule has 0 atom stereocenters. The molecule has 118 valence electrons. The molecule has 2 rings (SSSR count). The summed E-state index contributed by atoms with van der Waals surface area (Å²) in [5.41, 5.74) is -0.173. The summed E-state index contributed by atoms with van der Waals surface area (Å²) in [5, 5.41) is 0. The fourth-order valence-corrected chi connectivity index (χ4v) is 2.41. The Labute approximate surface area is 126 Å². The van der Waals surface area contributed by atoms with Gasteiger partial charge in [0, 0.05) is 6.26 Å². The van der Waals surface area contributed by atoms with Gasteiger partial charge in [-0.25, -0.2) is 8.42 Å². The van der Waals surface area contributed by atoms with Crippen LogP contribution in [-0.2, 0) is 22.6 Å². The van der Waals surface area contributed by atoms with Crippen molar-refractivity contribution in [2.75, 3.05) is 6.26 Å². The molecule has 2 aromatic carbocycles. The summed E-state index contributed by atoms with van der Waals surface area (Å²) in [6.07, 6.45) is -3.29. The van der Waals surface area contributed by atoms with E-state index in [4.69, 9.17) is 4.74 Å². The van der Waals surface area contributed by atoms with Crippen LogP contribution in [0.15, 0.2) is 53.4 Å². The quantitative estimate of drug-likeness (QED) is 0.859. The normalized spacial score (nSPS) is 12.2. The number of hydrogen-bond donors (Lipinski definition) is 0. The maximum Gasteiger partial charge on any atom is 0.416 e. The van der Waals surface area contributed by atoms with Crippen LogP contribution >= 0.6 is 0 Å². The monoisotopic (exact) mass is 330 g/mol. The van der Waals surface area contributed by atoms with Gasteiger partial charge in [0.05, 0.1) is 10.5 Å². The second-order valence-corrected chi connectivity index (χ2v) is 6.75. The van der Waals surface area contributed by atoms with Gasteiger partial charge in [-0.2, -0.15) is 13.2 Å². The molecule has 2 aromatic rings. The minimum atomic E-state index is -4.37. The Kier molecular flexibility index (Phi) is 4.46. The van der Waals surface area contributed by atoms with Crippen molar-refractivity contribution >= 4 is 9.84 Å². The maximum atomic E-state index is 12.4. The van der Waals surface area contributed by atoms with E-state index < -0.39 is 21.6 Å². The number of ether oxygens (including phenoxy) is 1. The Bertz CT molecular complexity index is 750. The number of halogens is 3. The number of rotatable bonds is 4. The van der Waals surface area contributed by atoms with Crippen molar-refractivity contribution in [3.63, 3.8) is 0 Å². The minimum absolute atomic E-state index is 0.0470. The zero-order valence-corrected chi connectivity index (χ0v) is 12.4. The lowest BCUT2D eigenvalue weighted by Gasteiger charge is -2.09. The third-order valence-electron chi connectivity index (χ3n) is 2.92. The van der Waals surface area contributed by atoms with Crippen LogP contribution < -0.4 is 4.74 Å². The third kappa shape index (κ3) is 4.24. The van der Waals surface area contributed by atoms with E-state index >= 15 is 0 Å². The molecule has 0 saturated heterocycles. The van der Waals surface area contributed by atoms with Crippen molar-refractivity contribution in [3.05, 3.63) is 59.7 Å². The van der Waals surface area contributed by atoms with Crippen molar-refractivity contribution in [2.24, 2.45) is 0 Å². The highest BCUT2D eigenvalue weighted by atomic mass is 32.2. The minimum Gasteiger partial charge on any atom is -0.489 e. The molecule has 0 aliphatic heterocycles. The molecule has 0 fully saturated rings. The summed E-state index contributed by atoms with van der Waals surface area (Å²) in [5.74, 6) is 0.336. The van der Waals surface area contributed by atoms with Gasteiger partial charge in [0.25, 0.3) is 0 Å². The van der Waals surface area contributed by atoms with Crippen LogP contribution in [-0.4, -0.2) is 14.7 Å². The molecule has 0 amide bonds. The molecule has 3 nitrogen and oxygen atoms in total. The van der Waals surface area contributed by atoms with E-state index in [1.807, 2.05) is 0 Å². The van der Waals surface area contributed by atoms with Crippen LogP contribution in [0.25, 0.3) is 0 Å². The summed E-state index contributed by atoms with van der Waals surface area (Å²) >= 11 is 0. The summed E-state index contributed by atoms with van der Waals surface area (Å²) in [7, 11) is -3.34. The van der Waals surface area contributed by atoms with Gasteiger partial charge in [-0.05, 0) is 35.9 Å². The molecule has 0 aliphatic rings. The lowest BCUT2D eigenvalue weighted by atomic mass is 10.1. The van der Waals surface area contributed by atoms with Gasteiger partial charge in [-0.15, -0.1) is 0 Å². The number of alkyl halides is 3. The summed E-state index contributed by atoms with van der Waals surface area (Å²) in [4.78, 5) is 0.123. The zero-order chi connectivity index (χ0) is 16.4. The lowest BCUT2D eigenvalue weighted by Crippen LogP contribution is -2.05. The highest BCUT2D eigenvalue weighted by molar-refractivity contribution is 7.90. The first kappa shape index (κ1) is 16.4. The van der Waals surface area contributed by atoms with Gasteiger partial charge >= 0.3 is 6.18 Å². The van der Waals surface area contributed by atoms with E-state index in [2.05, 4.69) is 0 Å². The Hall–Kier alpha value is -2.02. The van der Waals surface area contributed by atoms with Crippen molar-refractivity contribution in [1.82, 2.24) is 0 Å². The Morgan fingerprint density at radius 2 is 1.68 bits per heavy atom. The van der Waals surface area contributed by atoms with E-state index in [-0.39, 0.29) is 11.5 Å². The molecule has 0 radical (unpaired) electrons. The van der Waals surface area contributed by atoms with Gasteiger partial charge in [0.1, 0.15) is 12.4 Å². The second kappa shape index (κ2) is 6.00. The predicted molar refractivity (Wildman–Crippen MR) is 75.3 cm³/mol. The molecule has 0 bridgehead atoms. The van der Waals surface area contributed by atoms with Gasteiger partial charge in [-0.1, -0.05) is 18.2 Å². The van der Waals surface area contributed by atoms with Crippen LogP contribution in [0.2, 0.25) is 0 Å². The smallest absolute Gasteiger partial charge is 0.416 e. The molecule has 7 heteroatoms. The van der Waals surface area contributed by atoms with Gasteiger partial charge in [-0.3, -0.25) is 0 Å². The van der Waals surface area contributed by atoms with E-state index in [9.17, 15) is 21.6 Å².